The Morgan fingerprint density at radius 2 is 1.93 bits per heavy atom. The van der Waals surface area contributed by atoms with Gasteiger partial charge in [0.2, 0.25) is 17.6 Å². The van der Waals surface area contributed by atoms with Crippen molar-refractivity contribution in [3.05, 3.63) is 89.2 Å². The number of hydrogen-bond acceptors (Lipinski definition) is 7. The van der Waals surface area contributed by atoms with Gasteiger partial charge in [-0.2, -0.15) is 4.80 Å². The Morgan fingerprint density at radius 1 is 1.12 bits per heavy atom. The lowest BCUT2D eigenvalue weighted by Gasteiger charge is -2.32. The second-order valence-corrected chi connectivity index (χ2v) is 9.50. The fraction of sp³-hybridized carbons (Fsp3) is 0.321. The molecule has 0 radical (unpaired) electrons. The number of aryl methyl sites for hydroxylation is 1. The third-order valence-electron chi connectivity index (χ3n) is 6.58. The van der Waals surface area contributed by atoms with Crippen molar-refractivity contribution in [3.8, 4) is 11.6 Å². The monoisotopic (exact) mass is 550 g/mol. The molecule has 208 valence electrons. The van der Waals surface area contributed by atoms with E-state index in [1.54, 1.807) is 25.1 Å². The van der Waals surface area contributed by atoms with Gasteiger partial charge < -0.3 is 19.4 Å². The van der Waals surface area contributed by atoms with Crippen LogP contribution in [0.5, 0.6) is 0 Å². The molecule has 0 aliphatic carbocycles. The summed E-state index contributed by atoms with van der Waals surface area (Å²) in [5, 5.41) is 15.0. The van der Waals surface area contributed by atoms with Crippen LogP contribution in [0, 0.1) is 18.6 Å². The summed E-state index contributed by atoms with van der Waals surface area (Å²) >= 11 is 0. The Kier molecular flexibility index (Phi) is 8.25. The van der Waals surface area contributed by atoms with E-state index in [1.165, 1.54) is 47.4 Å². The van der Waals surface area contributed by atoms with E-state index in [0.29, 0.717) is 23.7 Å². The summed E-state index contributed by atoms with van der Waals surface area (Å²) in [7, 11) is 0. The van der Waals surface area contributed by atoms with Crippen LogP contribution in [-0.2, 0) is 27.4 Å². The normalized spacial score (nSPS) is 15.6. The number of ether oxygens (including phenoxy) is 1. The topological polar surface area (TPSA) is 115 Å². The largest absolute Gasteiger partial charge is 0.458 e. The van der Waals surface area contributed by atoms with Gasteiger partial charge in [0.15, 0.2) is 5.76 Å². The average molecular weight is 551 g/mol. The zero-order valence-corrected chi connectivity index (χ0v) is 21.8. The van der Waals surface area contributed by atoms with Gasteiger partial charge in [-0.05, 0) is 60.9 Å². The molecular formula is C28H28F2N6O4. The third kappa shape index (κ3) is 6.40. The summed E-state index contributed by atoms with van der Waals surface area (Å²) in [6.07, 6.45) is 1.55. The number of nitrogens with one attached hydrogen (secondary N) is 1. The van der Waals surface area contributed by atoms with Gasteiger partial charge in [0.1, 0.15) is 30.0 Å². The smallest absolute Gasteiger partial charge is 0.247 e. The first-order chi connectivity index (χ1) is 19.4. The maximum absolute atomic E-state index is 14.8. The van der Waals surface area contributed by atoms with Crippen LogP contribution in [0.4, 0.5) is 8.78 Å². The van der Waals surface area contributed by atoms with Crippen molar-refractivity contribution in [1.29, 1.82) is 0 Å². The number of aromatic nitrogens is 4. The summed E-state index contributed by atoms with van der Waals surface area (Å²) in [5.74, 6) is -0.888. The fourth-order valence-corrected chi connectivity index (χ4v) is 4.54. The number of carbonyl (C=O) groups is 2. The number of rotatable bonds is 10. The predicted octanol–water partition coefficient (Wildman–Crippen LogP) is 3.59. The van der Waals surface area contributed by atoms with Crippen LogP contribution in [0.3, 0.4) is 0 Å². The second kappa shape index (κ2) is 12.2. The van der Waals surface area contributed by atoms with Crippen LogP contribution in [0.25, 0.3) is 11.6 Å². The first-order valence-electron chi connectivity index (χ1n) is 12.9. The van der Waals surface area contributed by atoms with Crippen LogP contribution in [0.15, 0.2) is 65.1 Å². The van der Waals surface area contributed by atoms with Crippen LogP contribution < -0.4 is 5.32 Å². The highest BCUT2D eigenvalue weighted by Crippen LogP contribution is 2.26. The number of benzene rings is 2. The van der Waals surface area contributed by atoms with Gasteiger partial charge in [-0.3, -0.25) is 9.59 Å². The van der Waals surface area contributed by atoms with E-state index < -0.39 is 36.0 Å². The molecule has 1 aliphatic rings. The van der Waals surface area contributed by atoms with E-state index in [1.807, 2.05) is 0 Å². The third-order valence-corrected chi connectivity index (χ3v) is 6.58. The molecule has 12 heteroatoms. The predicted molar refractivity (Wildman–Crippen MR) is 138 cm³/mol. The quantitative estimate of drug-likeness (QED) is 0.321. The maximum Gasteiger partial charge on any atom is 0.247 e. The standard InChI is InChI=1S/C28H28F2N6O4/c1-18-8-13-24(40-18)27-32-34-36(33-27)17-25(37)35(16-20-5-2-3-7-23(20)30)26(19-9-11-21(29)12-10-19)28(38)31-15-22-6-4-14-39-22/h2-3,5,7-13,22,26H,4,6,14-17H2,1H3,(H,31,38)/t22-,26-/m0/s1. The number of nitrogens with zero attached hydrogens (tertiary/aromatic N) is 5. The van der Waals surface area contributed by atoms with Gasteiger partial charge in [-0.25, -0.2) is 8.78 Å². The van der Waals surface area contributed by atoms with Crippen LogP contribution in [0.1, 0.15) is 35.8 Å². The van der Waals surface area contributed by atoms with Crippen LogP contribution >= 0.6 is 0 Å². The molecule has 1 fully saturated rings. The lowest BCUT2D eigenvalue weighted by Crippen LogP contribution is -2.46. The Labute approximate surface area is 228 Å². The van der Waals surface area contributed by atoms with Crippen molar-refractivity contribution in [3.63, 3.8) is 0 Å². The highest BCUT2D eigenvalue weighted by Gasteiger charge is 2.33. The van der Waals surface area contributed by atoms with E-state index in [-0.39, 0.29) is 30.6 Å². The summed E-state index contributed by atoms with van der Waals surface area (Å²) in [6, 6.07) is 13.5. The molecule has 0 spiro atoms. The Hall–Kier alpha value is -4.45. The van der Waals surface area contributed by atoms with Gasteiger partial charge in [0.25, 0.3) is 0 Å². The summed E-state index contributed by atoms with van der Waals surface area (Å²) < 4.78 is 39.7. The molecule has 3 heterocycles. The molecule has 2 aromatic heterocycles. The molecule has 2 atom stereocenters. The van der Waals surface area contributed by atoms with Crippen molar-refractivity contribution in [1.82, 2.24) is 30.4 Å². The van der Waals surface area contributed by atoms with Crippen LogP contribution in [0.2, 0.25) is 0 Å². The van der Waals surface area contributed by atoms with Crippen LogP contribution in [-0.4, -0.2) is 56.2 Å². The molecule has 40 heavy (non-hydrogen) atoms. The van der Waals surface area contributed by atoms with Crippen molar-refractivity contribution in [2.75, 3.05) is 13.2 Å². The number of carbonyl (C=O) groups excluding carboxylic acids is 2. The molecule has 5 rings (SSSR count). The molecule has 0 unspecified atom stereocenters. The van der Waals surface area contributed by atoms with Gasteiger partial charge >= 0.3 is 0 Å². The fourth-order valence-electron chi connectivity index (χ4n) is 4.54. The number of amides is 2. The second-order valence-electron chi connectivity index (χ2n) is 9.50. The molecule has 2 aromatic carbocycles. The molecule has 0 bridgehead atoms. The lowest BCUT2D eigenvalue weighted by atomic mass is 10.0. The van der Waals surface area contributed by atoms with E-state index in [2.05, 4.69) is 20.7 Å². The molecule has 1 aliphatic heterocycles. The van der Waals surface area contributed by atoms with E-state index >= 15 is 0 Å². The Morgan fingerprint density at radius 3 is 2.62 bits per heavy atom. The maximum atomic E-state index is 14.8. The minimum Gasteiger partial charge on any atom is -0.458 e. The summed E-state index contributed by atoms with van der Waals surface area (Å²) in [6.45, 7) is 2.01. The first kappa shape index (κ1) is 27.1. The van der Waals surface area contributed by atoms with Gasteiger partial charge in [-0.15, -0.1) is 10.2 Å². The minimum absolute atomic E-state index is 0.142. The highest BCUT2D eigenvalue weighted by atomic mass is 19.1. The zero-order chi connectivity index (χ0) is 28.1. The van der Waals surface area contributed by atoms with E-state index in [9.17, 15) is 18.4 Å². The van der Waals surface area contributed by atoms with Gasteiger partial charge in [0, 0.05) is 25.3 Å². The van der Waals surface area contributed by atoms with E-state index in [4.69, 9.17) is 9.15 Å². The highest BCUT2D eigenvalue weighted by molar-refractivity contribution is 5.88. The summed E-state index contributed by atoms with van der Waals surface area (Å²) in [5.41, 5.74) is 0.558. The molecule has 4 aromatic rings. The lowest BCUT2D eigenvalue weighted by molar-refractivity contribution is -0.142. The molecule has 1 saturated heterocycles. The molecule has 10 nitrogen and oxygen atoms in total. The van der Waals surface area contributed by atoms with Gasteiger partial charge in [-0.1, -0.05) is 30.3 Å². The number of furan rings is 1. The molecular weight excluding hydrogens is 522 g/mol. The molecule has 2 amide bonds. The van der Waals surface area contributed by atoms with Crippen molar-refractivity contribution < 1.29 is 27.5 Å². The number of halogens is 2. The van der Waals surface area contributed by atoms with E-state index in [0.717, 1.165) is 17.6 Å². The Bertz CT molecular complexity index is 1470. The first-order valence-corrected chi connectivity index (χ1v) is 12.9. The van der Waals surface area contributed by atoms with Crippen molar-refractivity contribution >= 4 is 11.8 Å². The number of tetrazole rings is 1. The molecule has 0 saturated carbocycles. The molecule has 1 N–H and O–H groups in total. The minimum atomic E-state index is -1.20. The SMILES string of the molecule is Cc1ccc(-c2nnn(CC(=O)N(Cc3ccccc3F)[C@H](C(=O)NC[C@@H]3CCCO3)c3ccc(F)cc3)n2)o1. The Balaban J connectivity index is 1.46. The zero-order valence-electron chi connectivity index (χ0n) is 21.8. The summed E-state index contributed by atoms with van der Waals surface area (Å²) in [4.78, 5) is 29.7. The number of hydrogen-bond donors (Lipinski definition) is 1. The average Bonchev–Trinajstić information content (AvgIpc) is 3.72. The van der Waals surface area contributed by atoms with Crippen molar-refractivity contribution in [2.24, 2.45) is 0 Å². The van der Waals surface area contributed by atoms with Crippen molar-refractivity contribution in [2.45, 2.75) is 45.0 Å². The van der Waals surface area contributed by atoms with Gasteiger partial charge in [0.05, 0.1) is 6.10 Å².